The summed E-state index contributed by atoms with van der Waals surface area (Å²) in [6.07, 6.45) is 7.67. The molecular formula is C12H16N2. The lowest BCUT2D eigenvalue weighted by molar-refractivity contribution is 0.875. The molecule has 0 aliphatic heterocycles. The topological polar surface area (TPSA) is 36.7 Å². The van der Waals surface area contributed by atoms with Crippen molar-refractivity contribution in [3.05, 3.63) is 29.1 Å². The van der Waals surface area contributed by atoms with E-state index in [1.807, 2.05) is 12.4 Å². The van der Waals surface area contributed by atoms with E-state index in [0.717, 1.165) is 42.4 Å². The number of pyridine rings is 1. The van der Waals surface area contributed by atoms with Gasteiger partial charge in [-0.05, 0) is 24.0 Å². The van der Waals surface area contributed by atoms with Crippen molar-refractivity contribution in [2.24, 2.45) is 0 Å². The second kappa shape index (κ2) is 5.39. The highest BCUT2D eigenvalue weighted by molar-refractivity contribution is 5.42. The molecule has 1 aromatic rings. The molecule has 0 saturated carbocycles. The van der Waals surface area contributed by atoms with E-state index in [1.54, 1.807) is 0 Å². The van der Waals surface area contributed by atoms with E-state index in [0.29, 0.717) is 0 Å². The van der Waals surface area contributed by atoms with E-state index in [1.165, 1.54) is 0 Å². The highest BCUT2D eigenvalue weighted by Crippen LogP contribution is 2.15. The molecule has 0 aliphatic carbocycles. The summed E-state index contributed by atoms with van der Waals surface area (Å²) in [6.45, 7) is 4.24. The molecular weight excluding hydrogens is 172 g/mol. The van der Waals surface area contributed by atoms with Gasteiger partial charge in [0.25, 0.3) is 0 Å². The molecule has 2 heteroatoms. The smallest absolute Gasteiger partial charge is 0.0998 e. The van der Waals surface area contributed by atoms with Gasteiger partial charge < -0.3 is 0 Å². The fourth-order valence-electron chi connectivity index (χ4n) is 1.61. The molecule has 0 aromatic carbocycles. The first-order valence-electron chi connectivity index (χ1n) is 5.19. The monoisotopic (exact) mass is 188 g/mol. The van der Waals surface area contributed by atoms with Crippen LogP contribution in [0.4, 0.5) is 0 Å². The standard InChI is InChI=1S/C12H16N2/c1-3-5-10-8-14-9-11(6-4-2)12(10)7-13/h8-9H,3-6H2,1-2H3. The Balaban J connectivity index is 3.06. The Morgan fingerprint density at radius 3 is 2.00 bits per heavy atom. The summed E-state index contributed by atoms with van der Waals surface area (Å²) >= 11 is 0. The van der Waals surface area contributed by atoms with E-state index >= 15 is 0 Å². The van der Waals surface area contributed by atoms with Crippen molar-refractivity contribution in [3.8, 4) is 6.07 Å². The highest BCUT2D eigenvalue weighted by atomic mass is 14.6. The molecule has 0 spiro atoms. The molecule has 1 aromatic heterocycles. The van der Waals surface area contributed by atoms with E-state index in [-0.39, 0.29) is 0 Å². The average molecular weight is 188 g/mol. The van der Waals surface area contributed by atoms with Crippen molar-refractivity contribution in [2.75, 3.05) is 0 Å². The number of nitrogens with zero attached hydrogens (tertiary/aromatic N) is 2. The van der Waals surface area contributed by atoms with E-state index in [2.05, 4.69) is 24.9 Å². The molecule has 2 nitrogen and oxygen atoms in total. The van der Waals surface area contributed by atoms with Gasteiger partial charge in [0.05, 0.1) is 11.6 Å². The van der Waals surface area contributed by atoms with Crippen molar-refractivity contribution in [1.29, 1.82) is 5.26 Å². The van der Waals surface area contributed by atoms with Gasteiger partial charge in [-0.3, -0.25) is 4.98 Å². The van der Waals surface area contributed by atoms with Crippen molar-refractivity contribution in [2.45, 2.75) is 39.5 Å². The Morgan fingerprint density at radius 1 is 1.14 bits per heavy atom. The zero-order chi connectivity index (χ0) is 10.4. The van der Waals surface area contributed by atoms with Crippen LogP contribution in [0.25, 0.3) is 0 Å². The maximum atomic E-state index is 9.07. The Kier molecular flexibility index (Phi) is 4.12. The van der Waals surface area contributed by atoms with Crippen LogP contribution in [0.5, 0.6) is 0 Å². The van der Waals surface area contributed by atoms with E-state index in [9.17, 15) is 0 Å². The molecule has 0 aliphatic rings. The van der Waals surface area contributed by atoms with Crippen LogP contribution in [0.1, 0.15) is 43.4 Å². The maximum Gasteiger partial charge on any atom is 0.0998 e. The van der Waals surface area contributed by atoms with Gasteiger partial charge in [0.2, 0.25) is 0 Å². The van der Waals surface area contributed by atoms with E-state index < -0.39 is 0 Å². The first kappa shape index (κ1) is 10.7. The van der Waals surface area contributed by atoms with Gasteiger partial charge in [-0.1, -0.05) is 26.7 Å². The second-order valence-corrected chi connectivity index (χ2v) is 3.44. The third kappa shape index (κ3) is 2.32. The van der Waals surface area contributed by atoms with Crippen molar-refractivity contribution >= 4 is 0 Å². The first-order valence-corrected chi connectivity index (χ1v) is 5.19. The van der Waals surface area contributed by atoms with Gasteiger partial charge in [-0.15, -0.1) is 0 Å². The quantitative estimate of drug-likeness (QED) is 0.728. The van der Waals surface area contributed by atoms with Crippen LogP contribution in [-0.4, -0.2) is 4.98 Å². The van der Waals surface area contributed by atoms with Crippen LogP contribution in [-0.2, 0) is 12.8 Å². The molecule has 0 amide bonds. The molecule has 0 unspecified atom stereocenters. The summed E-state index contributed by atoms with van der Waals surface area (Å²) in [4.78, 5) is 4.18. The third-order valence-corrected chi connectivity index (χ3v) is 2.25. The molecule has 74 valence electrons. The minimum atomic E-state index is 0.851. The molecule has 1 rings (SSSR count). The Bertz CT molecular complexity index is 312. The van der Waals surface area contributed by atoms with Crippen LogP contribution >= 0.6 is 0 Å². The Morgan fingerprint density at radius 2 is 1.64 bits per heavy atom. The van der Waals surface area contributed by atoms with Crippen molar-refractivity contribution in [1.82, 2.24) is 4.98 Å². The summed E-state index contributed by atoms with van der Waals surface area (Å²) in [7, 11) is 0. The summed E-state index contributed by atoms with van der Waals surface area (Å²) in [6, 6.07) is 2.29. The highest BCUT2D eigenvalue weighted by Gasteiger charge is 2.06. The fourth-order valence-corrected chi connectivity index (χ4v) is 1.61. The number of aromatic nitrogens is 1. The van der Waals surface area contributed by atoms with Crippen molar-refractivity contribution in [3.63, 3.8) is 0 Å². The SMILES string of the molecule is CCCc1cncc(CCC)c1C#N. The minimum absolute atomic E-state index is 0.851. The lowest BCUT2D eigenvalue weighted by atomic mass is 9.99. The molecule has 0 atom stereocenters. The molecule has 1 heterocycles. The largest absolute Gasteiger partial charge is 0.264 e. The lowest BCUT2D eigenvalue weighted by Gasteiger charge is -2.06. The summed E-state index contributed by atoms with van der Waals surface area (Å²) < 4.78 is 0. The molecule has 0 N–H and O–H groups in total. The van der Waals surface area contributed by atoms with Crippen LogP contribution < -0.4 is 0 Å². The van der Waals surface area contributed by atoms with Crippen LogP contribution in [0.2, 0.25) is 0 Å². The number of rotatable bonds is 4. The van der Waals surface area contributed by atoms with Gasteiger partial charge in [0, 0.05) is 12.4 Å². The van der Waals surface area contributed by atoms with Gasteiger partial charge in [-0.2, -0.15) is 5.26 Å². The van der Waals surface area contributed by atoms with Crippen LogP contribution in [0.3, 0.4) is 0 Å². The molecule has 0 fully saturated rings. The van der Waals surface area contributed by atoms with Crippen molar-refractivity contribution < 1.29 is 0 Å². The summed E-state index contributed by atoms with van der Waals surface area (Å²) in [5.74, 6) is 0. The predicted molar refractivity (Wildman–Crippen MR) is 56.9 cm³/mol. The number of aryl methyl sites for hydroxylation is 2. The molecule has 0 radical (unpaired) electrons. The zero-order valence-corrected chi connectivity index (χ0v) is 8.88. The molecule has 0 bridgehead atoms. The Hall–Kier alpha value is -1.36. The Labute approximate surface area is 85.6 Å². The predicted octanol–water partition coefficient (Wildman–Crippen LogP) is 2.86. The van der Waals surface area contributed by atoms with E-state index in [4.69, 9.17) is 5.26 Å². The van der Waals surface area contributed by atoms with Gasteiger partial charge in [-0.25, -0.2) is 0 Å². The molecule has 0 saturated heterocycles. The maximum absolute atomic E-state index is 9.07. The third-order valence-electron chi connectivity index (χ3n) is 2.25. The first-order chi connectivity index (χ1) is 6.83. The van der Waals surface area contributed by atoms with Gasteiger partial charge in [0.1, 0.15) is 0 Å². The van der Waals surface area contributed by atoms with Gasteiger partial charge in [0.15, 0.2) is 0 Å². The van der Waals surface area contributed by atoms with Gasteiger partial charge >= 0.3 is 0 Å². The average Bonchev–Trinajstić information content (AvgIpc) is 2.19. The molecule has 14 heavy (non-hydrogen) atoms. The number of hydrogen-bond acceptors (Lipinski definition) is 2. The fraction of sp³-hybridized carbons (Fsp3) is 0.500. The van der Waals surface area contributed by atoms with Crippen LogP contribution in [0, 0.1) is 11.3 Å². The lowest BCUT2D eigenvalue weighted by Crippen LogP contribution is -1.98. The minimum Gasteiger partial charge on any atom is -0.264 e. The zero-order valence-electron chi connectivity index (χ0n) is 8.88. The van der Waals surface area contributed by atoms with Crippen LogP contribution in [0.15, 0.2) is 12.4 Å². The number of hydrogen-bond donors (Lipinski definition) is 0. The number of nitriles is 1. The normalized spacial score (nSPS) is 9.79. The summed E-state index contributed by atoms with van der Waals surface area (Å²) in [5, 5.41) is 9.07. The second-order valence-electron chi connectivity index (χ2n) is 3.44. The summed E-state index contributed by atoms with van der Waals surface area (Å²) in [5.41, 5.74) is 3.05.